The lowest BCUT2D eigenvalue weighted by atomic mass is 9.88. The van der Waals surface area contributed by atoms with Crippen LogP contribution in [0.5, 0.6) is 5.75 Å². The van der Waals surface area contributed by atoms with E-state index in [0.29, 0.717) is 23.1 Å². The van der Waals surface area contributed by atoms with Crippen molar-refractivity contribution in [2.45, 2.75) is 33.1 Å². The molecule has 0 saturated carbocycles. The molecule has 2 aromatic rings. The number of nitrogens with one attached hydrogen (secondary N) is 2. The van der Waals surface area contributed by atoms with Gasteiger partial charge < -0.3 is 14.8 Å². The van der Waals surface area contributed by atoms with Crippen LogP contribution in [0.3, 0.4) is 0 Å². The summed E-state index contributed by atoms with van der Waals surface area (Å²) in [6.07, 6.45) is 5.90. The smallest absolute Gasteiger partial charge is 0.341 e. The first-order valence-corrected chi connectivity index (χ1v) is 11.4. The third kappa shape index (κ3) is 5.92. The Labute approximate surface area is 191 Å². The number of methoxy groups -OCH3 is 1. The van der Waals surface area contributed by atoms with Crippen LogP contribution in [0.1, 0.15) is 46.6 Å². The van der Waals surface area contributed by atoms with E-state index in [1.54, 1.807) is 20.1 Å². The topological polar surface area (TPSA) is 76.7 Å². The predicted molar refractivity (Wildman–Crippen MR) is 128 cm³/mol. The van der Waals surface area contributed by atoms with Gasteiger partial charge in [0.15, 0.2) is 5.11 Å². The summed E-state index contributed by atoms with van der Waals surface area (Å²) in [4.78, 5) is 26.0. The van der Waals surface area contributed by atoms with Gasteiger partial charge in [-0.1, -0.05) is 19.1 Å². The van der Waals surface area contributed by atoms with Crippen molar-refractivity contribution in [2.24, 2.45) is 5.92 Å². The molecule has 164 valence electrons. The quantitative estimate of drug-likeness (QED) is 0.375. The lowest BCUT2D eigenvalue weighted by Gasteiger charge is -2.18. The molecule has 1 aliphatic carbocycles. The molecule has 0 bridgehead atoms. The fourth-order valence-electron chi connectivity index (χ4n) is 3.43. The first-order chi connectivity index (χ1) is 14.9. The summed E-state index contributed by atoms with van der Waals surface area (Å²) < 4.78 is 10.4. The minimum Gasteiger partial charge on any atom is -0.497 e. The second kappa shape index (κ2) is 10.5. The molecular weight excluding hydrogens is 432 g/mol. The van der Waals surface area contributed by atoms with Crippen LogP contribution in [0.25, 0.3) is 6.08 Å². The summed E-state index contributed by atoms with van der Waals surface area (Å²) in [5.74, 6) is 0.604. The molecule has 1 amide bonds. The Bertz CT molecular complexity index is 996. The van der Waals surface area contributed by atoms with Gasteiger partial charge in [0, 0.05) is 11.0 Å². The molecule has 0 saturated heterocycles. The Morgan fingerprint density at radius 3 is 2.71 bits per heavy atom. The Morgan fingerprint density at radius 2 is 2.03 bits per heavy atom. The first kappa shape index (κ1) is 23.0. The zero-order valence-corrected chi connectivity index (χ0v) is 19.5. The third-order valence-corrected chi connectivity index (χ3v) is 6.37. The van der Waals surface area contributed by atoms with Crippen LogP contribution >= 0.6 is 23.6 Å². The molecular formula is C23H26N2O4S2. The molecule has 1 aromatic carbocycles. The maximum Gasteiger partial charge on any atom is 0.341 e. The summed E-state index contributed by atoms with van der Waals surface area (Å²) >= 11 is 6.82. The molecule has 6 nitrogen and oxygen atoms in total. The van der Waals surface area contributed by atoms with Crippen LogP contribution < -0.4 is 15.4 Å². The standard InChI is InChI=1S/C23H26N2O4S2/c1-4-29-22(27)20-17-11-5-14(2)13-18(17)31-21(20)25-23(30)24-19(26)12-8-15-6-9-16(28-3)10-7-15/h6-10,12,14H,4-5,11,13H2,1-3H3,(H2,24,25,26,30)/b12-8+. The maximum absolute atomic E-state index is 12.6. The van der Waals surface area contributed by atoms with Crippen LogP contribution in [-0.4, -0.2) is 30.7 Å². The average Bonchev–Trinajstić information content (AvgIpc) is 3.09. The van der Waals surface area contributed by atoms with Gasteiger partial charge in [0.25, 0.3) is 0 Å². The highest BCUT2D eigenvalue weighted by atomic mass is 32.1. The maximum atomic E-state index is 12.6. The Hall–Kier alpha value is -2.71. The SMILES string of the molecule is CCOC(=O)c1c(NC(=S)NC(=O)/C=C/c2ccc(OC)cc2)sc2c1CCC(C)C2. The number of esters is 1. The number of thiocarbonyl (C=S) groups is 1. The summed E-state index contributed by atoms with van der Waals surface area (Å²) in [5.41, 5.74) is 2.44. The molecule has 1 aromatic heterocycles. The van der Waals surface area contributed by atoms with Crippen LogP contribution in [0, 0.1) is 5.92 Å². The van der Waals surface area contributed by atoms with E-state index in [1.807, 2.05) is 24.3 Å². The molecule has 0 fully saturated rings. The second-order valence-electron chi connectivity index (χ2n) is 7.33. The van der Waals surface area contributed by atoms with Crippen molar-refractivity contribution in [1.29, 1.82) is 0 Å². The monoisotopic (exact) mass is 458 g/mol. The number of hydrogen-bond acceptors (Lipinski definition) is 6. The van der Waals surface area contributed by atoms with Crippen molar-refractivity contribution < 1.29 is 19.1 Å². The summed E-state index contributed by atoms with van der Waals surface area (Å²) in [6.45, 7) is 4.29. The number of benzene rings is 1. The van der Waals surface area contributed by atoms with E-state index in [1.165, 1.54) is 22.3 Å². The molecule has 0 aliphatic heterocycles. The number of hydrogen-bond donors (Lipinski definition) is 2. The number of anilines is 1. The van der Waals surface area contributed by atoms with Gasteiger partial charge in [-0.3, -0.25) is 10.1 Å². The zero-order valence-electron chi connectivity index (χ0n) is 17.8. The van der Waals surface area contributed by atoms with Gasteiger partial charge in [0.05, 0.1) is 19.3 Å². The molecule has 0 spiro atoms. The van der Waals surface area contributed by atoms with Gasteiger partial charge in [0.1, 0.15) is 10.8 Å². The van der Waals surface area contributed by atoms with E-state index in [0.717, 1.165) is 36.1 Å². The second-order valence-corrected chi connectivity index (χ2v) is 8.84. The van der Waals surface area contributed by atoms with Gasteiger partial charge in [-0.2, -0.15) is 0 Å². The van der Waals surface area contributed by atoms with Gasteiger partial charge >= 0.3 is 5.97 Å². The van der Waals surface area contributed by atoms with Crippen LogP contribution in [-0.2, 0) is 22.4 Å². The van der Waals surface area contributed by atoms with E-state index in [4.69, 9.17) is 21.7 Å². The normalized spacial score (nSPS) is 15.3. The van der Waals surface area contributed by atoms with Gasteiger partial charge in [-0.25, -0.2) is 4.79 Å². The number of carbonyl (C=O) groups excluding carboxylic acids is 2. The lowest BCUT2D eigenvalue weighted by Crippen LogP contribution is -2.33. The zero-order chi connectivity index (χ0) is 22.4. The lowest BCUT2D eigenvalue weighted by molar-refractivity contribution is -0.115. The van der Waals surface area contributed by atoms with E-state index in [2.05, 4.69) is 17.6 Å². The van der Waals surface area contributed by atoms with Crippen molar-refractivity contribution in [3.63, 3.8) is 0 Å². The number of ether oxygens (including phenoxy) is 2. The molecule has 1 aliphatic rings. The Morgan fingerprint density at radius 1 is 1.29 bits per heavy atom. The molecule has 1 heterocycles. The van der Waals surface area contributed by atoms with Crippen molar-refractivity contribution >= 4 is 51.6 Å². The molecule has 2 N–H and O–H groups in total. The minimum absolute atomic E-state index is 0.140. The number of rotatable bonds is 6. The van der Waals surface area contributed by atoms with Crippen LogP contribution in [0.15, 0.2) is 30.3 Å². The van der Waals surface area contributed by atoms with Gasteiger partial charge in [0.2, 0.25) is 5.91 Å². The van der Waals surface area contributed by atoms with Gasteiger partial charge in [-0.15, -0.1) is 11.3 Å². The molecule has 8 heteroatoms. The molecule has 31 heavy (non-hydrogen) atoms. The molecule has 3 rings (SSSR count). The highest BCUT2D eigenvalue weighted by Gasteiger charge is 2.28. The van der Waals surface area contributed by atoms with Crippen molar-refractivity contribution in [3.8, 4) is 5.75 Å². The van der Waals surface area contributed by atoms with E-state index in [-0.39, 0.29) is 17.0 Å². The number of amides is 1. The summed E-state index contributed by atoms with van der Waals surface area (Å²) in [6, 6.07) is 7.34. The van der Waals surface area contributed by atoms with Crippen LogP contribution in [0.2, 0.25) is 0 Å². The predicted octanol–water partition coefficient (Wildman–Crippen LogP) is 4.58. The highest BCUT2D eigenvalue weighted by molar-refractivity contribution is 7.80. The minimum atomic E-state index is -0.360. The van der Waals surface area contributed by atoms with E-state index >= 15 is 0 Å². The fourth-order valence-corrected chi connectivity index (χ4v) is 5.10. The number of fused-ring (bicyclic) bond motifs is 1. The van der Waals surface area contributed by atoms with Crippen molar-refractivity contribution in [2.75, 3.05) is 19.0 Å². The summed E-state index contributed by atoms with van der Waals surface area (Å²) in [5, 5.41) is 6.43. The van der Waals surface area contributed by atoms with E-state index < -0.39 is 0 Å². The number of thiophene rings is 1. The molecule has 0 radical (unpaired) electrons. The van der Waals surface area contributed by atoms with Crippen LogP contribution in [0.4, 0.5) is 5.00 Å². The fraction of sp³-hybridized carbons (Fsp3) is 0.348. The summed E-state index contributed by atoms with van der Waals surface area (Å²) in [7, 11) is 1.60. The number of carbonyl (C=O) groups is 2. The Kier molecular flexibility index (Phi) is 7.81. The highest BCUT2D eigenvalue weighted by Crippen LogP contribution is 2.40. The van der Waals surface area contributed by atoms with Gasteiger partial charge in [-0.05, 0) is 73.7 Å². The first-order valence-electron chi connectivity index (χ1n) is 10.2. The molecule has 1 atom stereocenters. The van der Waals surface area contributed by atoms with Crippen molar-refractivity contribution in [1.82, 2.24) is 5.32 Å². The largest absolute Gasteiger partial charge is 0.497 e. The average molecular weight is 459 g/mol. The van der Waals surface area contributed by atoms with E-state index in [9.17, 15) is 9.59 Å². The Balaban J connectivity index is 1.68. The molecule has 1 unspecified atom stereocenters. The van der Waals surface area contributed by atoms with Crippen molar-refractivity contribution in [3.05, 3.63) is 51.9 Å². The third-order valence-electron chi connectivity index (χ3n) is 5.00.